The monoisotopic (exact) mass is 572 g/mol. The van der Waals surface area contributed by atoms with E-state index < -0.39 is 11.4 Å². The number of fused-ring (bicyclic) bond motifs is 1. The number of imidazole rings is 1. The summed E-state index contributed by atoms with van der Waals surface area (Å²) in [6.07, 6.45) is 7.26. The number of hydrogen-bond acceptors (Lipinski definition) is 8. The Morgan fingerprint density at radius 1 is 1.20 bits per heavy atom. The van der Waals surface area contributed by atoms with Gasteiger partial charge in [0.15, 0.2) is 17.1 Å². The maximum Gasteiger partial charge on any atom is 0.439 e. The molecule has 0 saturated heterocycles. The van der Waals surface area contributed by atoms with E-state index in [9.17, 15) is 10.1 Å². The lowest BCUT2D eigenvalue weighted by Gasteiger charge is -2.29. The Morgan fingerprint density at radius 2 is 1.98 bits per heavy atom. The van der Waals surface area contributed by atoms with Gasteiger partial charge in [-0.1, -0.05) is 54.7 Å². The number of hydrogen-bond donors (Lipinski definition) is 1. The van der Waals surface area contributed by atoms with Crippen LogP contribution in [0, 0.1) is 23.2 Å². The van der Waals surface area contributed by atoms with Crippen LogP contribution in [0.5, 0.6) is 0 Å². The summed E-state index contributed by atoms with van der Waals surface area (Å²) in [7, 11) is 0. The molecule has 5 aromatic rings. The van der Waals surface area contributed by atoms with Crippen molar-refractivity contribution in [3.05, 3.63) is 75.3 Å². The van der Waals surface area contributed by atoms with Crippen LogP contribution in [-0.2, 0) is 12.2 Å². The smallest absolute Gasteiger partial charge is 0.322 e. The molecule has 0 aliphatic heterocycles. The van der Waals surface area contributed by atoms with Crippen LogP contribution in [0.3, 0.4) is 0 Å². The summed E-state index contributed by atoms with van der Waals surface area (Å²) in [5.41, 5.74) is -0.0793. The second-order valence-corrected chi connectivity index (χ2v) is 11.2. The SMILES string of the molecule is CC1CCC(Cn2c(C(C)(F)c3ccccc3C#N)nc3nc(-c4noc(=O)[nH]4)nc(-c4cncc(Cl)c4)c32)CC1. The maximum absolute atomic E-state index is 17.2. The Bertz CT molecular complexity index is 1850. The highest BCUT2D eigenvalue weighted by atomic mass is 35.5. The van der Waals surface area contributed by atoms with E-state index in [4.69, 9.17) is 21.6 Å². The Kier molecular flexibility index (Phi) is 6.87. The van der Waals surface area contributed by atoms with E-state index in [1.54, 1.807) is 36.5 Å². The number of rotatable bonds is 6. The van der Waals surface area contributed by atoms with E-state index >= 15 is 4.39 Å². The Labute approximate surface area is 239 Å². The molecule has 0 bridgehead atoms. The largest absolute Gasteiger partial charge is 0.439 e. The van der Waals surface area contributed by atoms with E-state index in [0.717, 1.165) is 25.7 Å². The zero-order chi connectivity index (χ0) is 28.7. The molecule has 1 atom stereocenters. The molecule has 1 unspecified atom stereocenters. The Hall–Kier alpha value is -4.43. The quantitative estimate of drug-likeness (QED) is 0.268. The molecule has 10 nitrogen and oxygen atoms in total. The van der Waals surface area contributed by atoms with Crippen molar-refractivity contribution in [2.24, 2.45) is 11.8 Å². The summed E-state index contributed by atoms with van der Waals surface area (Å²) in [5, 5.41) is 13.9. The van der Waals surface area contributed by atoms with Crippen molar-refractivity contribution < 1.29 is 8.91 Å². The predicted molar refractivity (Wildman–Crippen MR) is 150 cm³/mol. The van der Waals surface area contributed by atoms with Gasteiger partial charge in [-0.25, -0.2) is 24.1 Å². The Balaban J connectivity index is 1.64. The number of nitrogens with zero attached hydrogens (tertiary/aromatic N) is 7. The third-order valence-corrected chi connectivity index (χ3v) is 7.99. The van der Waals surface area contributed by atoms with E-state index in [1.807, 2.05) is 4.57 Å². The normalized spacial score (nSPS) is 18.7. The number of aromatic nitrogens is 7. The van der Waals surface area contributed by atoms with E-state index in [1.165, 1.54) is 13.1 Å². The van der Waals surface area contributed by atoms with Gasteiger partial charge < -0.3 is 4.57 Å². The standard InChI is InChI=1S/C29H26ClFN8O2/c1-16-7-9-17(10-8-16)15-39-23-22(19-11-20(30)14-33-13-19)34-25(26-37-28(40)41-38-26)35-24(23)36-27(39)29(2,31)21-6-4-3-5-18(21)12-32/h3-6,11,13-14,16-17H,7-10,15H2,1-2H3,(H,37,38,40). The number of H-pyrrole nitrogens is 1. The number of pyridine rings is 1. The van der Waals surface area contributed by atoms with E-state index in [0.29, 0.717) is 34.3 Å². The molecular formula is C29H26ClFN8O2. The second-order valence-electron chi connectivity index (χ2n) is 10.7. The minimum absolute atomic E-state index is 0.00309. The number of nitrogens with one attached hydrogen (secondary N) is 1. The highest BCUT2D eigenvalue weighted by Gasteiger charge is 2.38. The highest BCUT2D eigenvalue weighted by molar-refractivity contribution is 6.30. The zero-order valence-corrected chi connectivity index (χ0v) is 23.2. The van der Waals surface area contributed by atoms with Gasteiger partial charge in [0, 0.05) is 30.1 Å². The number of aromatic amines is 1. The fraction of sp³-hybridized carbons (Fsp3) is 0.345. The van der Waals surface area contributed by atoms with Crippen molar-refractivity contribution in [1.82, 2.24) is 34.6 Å². The molecule has 4 aromatic heterocycles. The van der Waals surface area contributed by atoms with Gasteiger partial charge in [0.05, 0.1) is 16.7 Å². The third kappa shape index (κ3) is 5.00. The maximum atomic E-state index is 17.2. The van der Waals surface area contributed by atoms with Crippen molar-refractivity contribution in [1.29, 1.82) is 5.26 Å². The zero-order valence-electron chi connectivity index (χ0n) is 22.4. The van der Waals surface area contributed by atoms with E-state index in [-0.39, 0.29) is 40.2 Å². The van der Waals surface area contributed by atoms with Gasteiger partial charge in [0.25, 0.3) is 0 Å². The number of halogens is 2. The van der Waals surface area contributed by atoms with Crippen molar-refractivity contribution >= 4 is 22.8 Å². The predicted octanol–water partition coefficient (Wildman–Crippen LogP) is 5.82. The van der Waals surface area contributed by atoms with Crippen LogP contribution in [0.2, 0.25) is 5.02 Å². The molecule has 1 fully saturated rings. The van der Waals surface area contributed by atoms with Crippen LogP contribution in [0.25, 0.3) is 34.1 Å². The molecule has 0 radical (unpaired) electrons. The molecule has 1 aliphatic carbocycles. The first-order valence-electron chi connectivity index (χ1n) is 13.4. The number of alkyl halides is 1. The topological polar surface area (TPSA) is 139 Å². The average molecular weight is 573 g/mol. The third-order valence-electron chi connectivity index (χ3n) is 7.78. The van der Waals surface area contributed by atoms with Gasteiger partial charge in [0.1, 0.15) is 11.2 Å². The molecule has 208 valence electrons. The molecular weight excluding hydrogens is 547 g/mol. The molecule has 4 heterocycles. The Morgan fingerprint density at radius 3 is 2.68 bits per heavy atom. The summed E-state index contributed by atoms with van der Waals surface area (Å²) in [4.78, 5) is 32.5. The van der Waals surface area contributed by atoms with Crippen LogP contribution >= 0.6 is 11.6 Å². The fourth-order valence-corrected chi connectivity index (χ4v) is 5.80. The van der Waals surface area contributed by atoms with E-state index in [2.05, 4.69) is 37.6 Å². The van der Waals surface area contributed by atoms with Gasteiger partial charge in [-0.2, -0.15) is 5.26 Å². The average Bonchev–Trinajstić information content (AvgIpc) is 3.57. The molecule has 41 heavy (non-hydrogen) atoms. The van der Waals surface area contributed by atoms with Gasteiger partial charge in [0.2, 0.25) is 11.6 Å². The van der Waals surface area contributed by atoms with Crippen LogP contribution in [0.1, 0.15) is 56.5 Å². The number of benzene rings is 1. The van der Waals surface area contributed by atoms with Crippen LogP contribution in [-0.4, -0.2) is 34.6 Å². The lowest BCUT2D eigenvalue weighted by Crippen LogP contribution is -2.27. The van der Waals surface area contributed by atoms with Crippen LogP contribution < -0.4 is 5.76 Å². The minimum atomic E-state index is -2.15. The van der Waals surface area contributed by atoms with Crippen molar-refractivity contribution in [3.8, 4) is 29.0 Å². The lowest BCUT2D eigenvalue weighted by atomic mass is 9.83. The lowest BCUT2D eigenvalue weighted by molar-refractivity contribution is 0.214. The van der Waals surface area contributed by atoms with Gasteiger partial charge in [-0.05, 0) is 43.7 Å². The van der Waals surface area contributed by atoms with Crippen molar-refractivity contribution in [3.63, 3.8) is 0 Å². The van der Waals surface area contributed by atoms with Crippen molar-refractivity contribution in [2.75, 3.05) is 0 Å². The summed E-state index contributed by atoms with van der Waals surface area (Å²) in [6.45, 7) is 4.14. The molecule has 1 aromatic carbocycles. The number of nitriles is 1. The molecule has 1 N–H and O–H groups in total. The highest BCUT2D eigenvalue weighted by Crippen LogP contribution is 2.40. The molecule has 6 rings (SSSR count). The van der Waals surface area contributed by atoms with Crippen LogP contribution in [0.15, 0.2) is 52.0 Å². The summed E-state index contributed by atoms with van der Waals surface area (Å²) in [6, 6.07) is 10.4. The molecule has 0 spiro atoms. The summed E-state index contributed by atoms with van der Waals surface area (Å²) < 4.78 is 23.7. The first-order valence-corrected chi connectivity index (χ1v) is 13.8. The minimum Gasteiger partial charge on any atom is -0.322 e. The van der Waals surface area contributed by atoms with Gasteiger partial charge >= 0.3 is 5.76 Å². The molecule has 12 heteroatoms. The first kappa shape index (κ1) is 26.8. The van der Waals surface area contributed by atoms with Gasteiger partial charge in [-0.15, -0.1) is 0 Å². The molecule has 1 aliphatic rings. The van der Waals surface area contributed by atoms with Gasteiger partial charge in [-0.3, -0.25) is 14.5 Å². The molecule has 0 amide bonds. The second kappa shape index (κ2) is 10.5. The fourth-order valence-electron chi connectivity index (χ4n) is 5.63. The first-order chi connectivity index (χ1) is 19.7. The molecule has 1 saturated carbocycles. The summed E-state index contributed by atoms with van der Waals surface area (Å²) in [5.74, 6) is 0.299. The van der Waals surface area contributed by atoms with Crippen LogP contribution in [0.4, 0.5) is 4.39 Å². The summed E-state index contributed by atoms with van der Waals surface area (Å²) >= 11 is 6.31. The van der Waals surface area contributed by atoms with Crippen molar-refractivity contribution in [2.45, 2.75) is 51.7 Å².